The van der Waals surface area contributed by atoms with Gasteiger partial charge in [0, 0.05) is 16.7 Å². The van der Waals surface area contributed by atoms with Crippen molar-refractivity contribution in [2.45, 2.75) is 33.6 Å². The third-order valence-corrected chi connectivity index (χ3v) is 3.19. The second-order valence-electron chi connectivity index (χ2n) is 5.05. The van der Waals surface area contributed by atoms with Crippen LogP contribution in [0, 0.1) is 15.5 Å². The number of hydrogen-bond donors (Lipinski definition) is 0. The van der Waals surface area contributed by atoms with Crippen LogP contribution in [0.5, 0.6) is 0 Å². The van der Waals surface area contributed by atoms with Crippen LogP contribution in [0.15, 0.2) is 18.2 Å². The summed E-state index contributed by atoms with van der Waals surface area (Å²) in [6.45, 7) is 8.16. The molecule has 0 radical (unpaired) electrons. The van der Waals surface area contributed by atoms with Crippen LogP contribution in [-0.4, -0.2) is 4.92 Å². The Labute approximate surface area is 101 Å². The van der Waals surface area contributed by atoms with Crippen molar-refractivity contribution in [3.05, 3.63) is 38.9 Å². The summed E-state index contributed by atoms with van der Waals surface area (Å²) in [4.78, 5) is 10.6. The Morgan fingerprint density at radius 3 is 2.38 bits per heavy atom. The van der Waals surface area contributed by atoms with E-state index in [0.717, 1.165) is 0 Å². The number of halogens is 1. The van der Waals surface area contributed by atoms with E-state index in [-0.39, 0.29) is 21.9 Å². The Balaban J connectivity index is 3.30. The van der Waals surface area contributed by atoms with E-state index in [1.807, 2.05) is 6.92 Å². The minimum atomic E-state index is -0.353. The molecule has 16 heavy (non-hydrogen) atoms. The van der Waals surface area contributed by atoms with Crippen LogP contribution < -0.4 is 0 Å². The molecule has 0 heterocycles. The van der Waals surface area contributed by atoms with Gasteiger partial charge in [-0.05, 0) is 23.5 Å². The van der Waals surface area contributed by atoms with Crippen LogP contribution in [0.25, 0.3) is 0 Å². The van der Waals surface area contributed by atoms with Gasteiger partial charge >= 0.3 is 0 Å². The van der Waals surface area contributed by atoms with Crippen LogP contribution in [0.3, 0.4) is 0 Å². The van der Waals surface area contributed by atoms with Crippen molar-refractivity contribution >= 4 is 17.3 Å². The third kappa shape index (κ3) is 2.73. The predicted octanol–water partition coefficient (Wildman–Crippen LogP) is 4.40. The molecule has 1 unspecified atom stereocenters. The van der Waals surface area contributed by atoms with Crippen molar-refractivity contribution in [3.63, 3.8) is 0 Å². The van der Waals surface area contributed by atoms with Gasteiger partial charge in [0.1, 0.15) is 0 Å². The number of nitro benzene ring substituents is 1. The molecule has 88 valence electrons. The van der Waals surface area contributed by atoms with Gasteiger partial charge in [0.2, 0.25) is 0 Å². The van der Waals surface area contributed by atoms with Crippen LogP contribution in [0.1, 0.15) is 39.2 Å². The molecule has 0 aliphatic heterocycles. The van der Waals surface area contributed by atoms with E-state index in [4.69, 9.17) is 11.6 Å². The maximum Gasteiger partial charge on any atom is 0.272 e. The van der Waals surface area contributed by atoms with Crippen molar-refractivity contribution in [2.24, 2.45) is 5.41 Å². The van der Waals surface area contributed by atoms with E-state index in [2.05, 4.69) is 20.8 Å². The SMILES string of the molecule is CC(c1cc(Cl)ccc1[N+](=O)[O-])C(C)(C)C. The second-order valence-corrected chi connectivity index (χ2v) is 5.48. The smallest absolute Gasteiger partial charge is 0.258 e. The van der Waals surface area contributed by atoms with Gasteiger partial charge in [-0.25, -0.2) is 0 Å². The lowest BCUT2D eigenvalue weighted by Crippen LogP contribution is -2.16. The quantitative estimate of drug-likeness (QED) is 0.569. The fourth-order valence-electron chi connectivity index (χ4n) is 1.50. The lowest BCUT2D eigenvalue weighted by Gasteiger charge is -2.27. The van der Waals surface area contributed by atoms with Crippen molar-refractivity contribution in [1.29, 1.82) is 0 Å². The highest BCUT2D eigenvalue weighted by Crippen LogP contribution is 2.39. The molecule has 1 aromatic rings. The number of benzene rings is 1. The normalized spacial score (nSPS) is 13.6. The lowest BCUT2D eigenvalue weighted by atomic mass is 9.77. The van der Waals surface area contributed by atoms with Crippen molar-refractivity contribution in [3.8, 4) is 0 Å². The summed E-state index contributed by atoms with van der Waals surface area (Å²) < 4.78 is 0. The summed E-state index contributed by atoms with van der Waals surface area (Å²) in [5.41, 5.74) is 0.812. The van der Waals surface area contributed by atoms with Crippen LogP contribution in [0.2, 0.25) is 5.02 Å². The average molecular weight is 242 g/mol. The number of nitro groups is 1. The molecule has 0 aromatic heterocycles. The fraction of sp³-hybridized carbons (Fsp3) is 0.500. The number of hydrogen-bond acceptors (Lipinski definition) is 2. The molecule has 0 saturated carbocycles. The largest absolute Gasteiger partial charge is 0.272 e. The first-order valence-electron chi connectivity index (χ1n) is 5.17. The molecule has 3 nitrogen and oxygen atoms in total. The first-order chi connectivity index (χ1) is 7.23. The molecular formula is C12H16ClNO2. The zero-order chi connectivity index (χ0) is 12.5. The second kappa shape index (κ2) is 4.42. The Morgan fingerprint density at radius 2 is 1.94 bits per heavy atom. The first-order valence-corrected chi connectivity index (χ1v) is 5.55. The minimum Gasteiger partial charge on any atom is -0.258 e. The molecule has 0 aliphatic carbocycles. The standard InChI is InChI=1S/C12H16ClNO2/c1-8(12(2,3)4)10-7-9(13)5-6-11(10)14(15)16/h5-8H,1-4H3. The van der Waals surface area contributed by atoms with Gasteiger partial charge in [-0.3, -0.25) is 10.1 Å². The van der Waals surface area contributed by atoms with Gasteiger partial charge in [-0.1, -0.05) is 39.3 Å². The maximum atomic E-state index is 10.9. The molecule has 0 N–H and O–H groups in total. The summed E-state index contributed by atoms with van der Waals surface area (Å²) in [5.74, 6) is 0.0756. The van der Waals surface area contributed by atoms with Gasteiger partial charge in [0.15, 0.2) is 0 Å². The Hall–Kier alpha value is -1.09. The molecule has 0 aliphatic rings. The monoisotopic (exact) mass is 241 g/mol. The Morgan fingerprint density at radius 1 is 1.38 bits per heavy atom. The molecule has 1 rings (SSSR count). The topological polar surface area (TPSA) is 43.1 Å². The van der Waals surface area contributed by atoms with Crippen LogP contribution in [-0.2, 0) is 0 Å². The molecule has 4 heteroatoms. The van der Waals surface area contributed by atoms with E-state index in [0.29, 0.717) is 10.6 Å². The minimum absolute atomic E-state index is 0.0323. The molecule has 0 spiro atoms. The Kier molecular flexibility index (Phi) is 3.58. The first kappa shape index (κ1) is 13.0. The number of nitrogens with zero attached hydrogens (tertiary/aromatic N) is 1. The zero-order valence-electron chi connectivity index (χ0n) is 9.95. The highest BCUT2D eigenvalue weighted by Gasteiger charge is 2.28. The highest BCUT2D eigenvalue weighted by atomic mass is 35.5. The fourth-order valence-corrected chi connectivity index (χ4v) is 1.69. The Bertz CT molecular complexity index is 410. The van der Waals surface area contributed by atoms with Crippen LogP contribution in [0.4, 0.5) is 5.69 Å². The summed E-state index contributed by atoms with van der Waals surface area (Å²) in [7, 11) is 0. The van der Waals surface area contributed by atoms with Crippen molar-refractivity contribution in [2.75, 3.05) is 0 Å². The molecule has 1 atom stereocenters. The van der Waals surface area contributed by atoms with E-state index in [1.165, 1.54) is 6.07 Å². The summed E-state index contributed by atoms with van der Waals surface area (Å²) in [6, 6.07) is 4.72. The summed E-state index contributed by atoms with van der Waals surface area (Å²) in [6.07, 6.45) is 0. The maximum absolute atomic E-state index is 10.9. The lowest BCUT2D eigenvalue weighted by molar-refractivity contribution is -0.385. The van der Waals surface area contributed by atoms with Gasteiger partial charge in [0.25, 0.3) is 5.69 Å². The van der Waals surface area contributed by atoms with Crippen LogP contribution >= 0.6 is 11.6 Å². The van der Waals surface area contributed by atoms with E-state index < -0.39 is 0 Å². The van der Waals surface area contributed by atoms with E-state index in [1.54, 1.807) is 12.1 Å². The molecule has 0 bridgehead atoms. The van der Waals surface area contributed by atoms with E-state index in [9.17, 15) is 10.1 Å². The zero-order valence-corrected chi connectivity index (χ0v) is 10.7. The molecule has 0 fully saturated rings. The third-order valence-electron chi connectivity index (χ3n) is 2.95. The molecule has 1 aromatic carbocycles. The molecule has 0 saturated heterocycles. The highest BCUT2D eigenvalue weighted by molar-refractivity contribution is 6.30. The molecule has 0 amide bonds. The predicted molar refractivity (Wildman–Crippen MR) is 66.0 cm³/mol. The van der Waals surface area contributed by atoms with Gasteiger partial charge < -0.3 is 0 Å². The van der Waals surface area contributed by atoms with Gasteiger partial charge in [0.05, 0.1) is 4.92 Å². The van der Waals surface area contributed by atoms with Crippen molar-refractivity contribution in [1.82, 2.24) is 0 Å². The average Bonchev–Trinajstić information content (AvgIpc) is 2.14. The summed E-state index contributed by atoms with van der Waals surface area (Å²) >= 11 is 5.89. The van der Waals surface area contributed by atoms with Crippen molar-refractivity contribution < 1.29 is 4.92 Å². The summed E-state index contributed by atoms with van der Waals surface area (Å²) in [5, 5.41) is 11.5. The van der Waals surface area contributed by atoms with E-state index >= 15 is 0 Å². The van der Waals surface area contributed by atoms with Gasteiger partial charge in [-0.2, -0.15) is 0 Å². The van der Waals surface area contributed by atoms with Gasteiger partial charge in [-0.15, -0.1) is 0 Å². The number of rotatable bonds is 2. The molecular weight excluding hydrogens is 226 g/mol.